The van der Waals surface area contributed by atoms with Gasteiger partial charge in [0.25, 0.3) is 0 Å². The van der Waals surface area contributed by atoms with E-state index in [9.17, 15) is 17.4 Å². The summed E-state index contributed by atoms with van der Waals surface area (Å²) in [6.07, 6.45) is 0.468. The van der Waals surface area contributed by atoms with E-state index in [0.29, 0.717) is 5.57 Å². The van der Waals surface area contributed by atoms with Crippen molar-refractivity contribution in [1.82, 2.24) is 5.32 Å². The highest BCUT2D eigenvalue weighted by atomic mass is 32.2. The van der Waals surface area contributed by atoms with Crippen LogP contribution >= 0.6 is 0 Å². The maximum atomic E-state index is 12.2. The quantitative estimate of drug-likeness (QED) is 0.770. The van der Waals surface area contributed by atoms with Crippen LogP contribution in [0.3, 0.4) is 0 Å². The molecule has 0 saturated heterocycles. The van der Waals surface area contributed by atoms with Gasteiger partial charge in [0.05, 0.1) is 15.5 Å². The average molecular weight is 265 g/mol. The molecule has 0 saturated carbocycles. The van der Waals surface area contributed by atoms with E-state index in [1.165, 1.54) is 18.5 Å². The first kappa shape index (κ1) is 13.6. The van der Waals surface area contributed by atoms with Gasteiger partial charge in [0.2, 0.25) is 6.19 Å². The van der Waals surface area contributed by atoms with Crippen molar-refractivity contribution in [2.24, 2.45) is 4.36 Å². The second-order valence-electron chi connectivity index (χ2n) is 3.55. The van der Waals surface area contributed by atoms with Gasteiger partial charge < -0.3 is 5.32 Å². The van der Waals surface area contributed by atoms with Crippen molar-refractivity contribution in [3.8, 4) is 6.19 Å². The third-order valence-corrected chi connectivity index (χ3v) is 3.36. The first-order valence-corrected chi connectivity index (χ1v) is 6.62. The number of nitrogens with zero attached hydrogens (tertiary/aromatic N) is 2. The van der Waals surface area contributed by atoms with Gasteiger partial charge in [0, 0.05) is 12.8 Å². The first-order chi connectivity index (χ1) is 7.74. The standard InChI is InChI=1S/C9H10F3N3OS/c1-17(16,15-6-13)5-7-2-3-8(14-4-7)9(10,11)12/h2-3,14H,4-5H2,1H3. The molecule has 1 aliphatic heterocycles. The molecule has 1 rings (SSSR count). The number of hydrogen-bond donors (Lipinski definition) is 1. The molecule has 0 radical (unpaired) electrons. The zero-order chi connectivity index (χ0) is 13.1. The molecule has 0 bridgehead atoms. The molecule has 0 aliphatic carbocycles. The van der Waals surface area contributed by atoms with Crippen LogP contribution < -0.4 is 5.32 Å². The zero-order valence-electron chi connectivity index (χ0n) is 8.91. The van der Waals surface area contributed by atoms with E-state index in [-0.39, 0.29) is 12.3 Å². The molecule has 17 heavy (non-hydrogen) atoms. The molecular weight excluding hydrogens is 255 g/mol. The summed E-state index contributed by atoms with van der Waals surface area (Å²) in [4.78, 5) is 0. The van der Waals surface area contributed by atoms with Gasteiger partial charge in [-0.3, -0.25) is 0 Å². The van der Waals surface area contributed by atoms with E-state index >= 15 is 0 Å². The van der Waals surface area contributed by atoms with Gasteiger partial charge in [-0.05, 0) is 11.6 Å². The summed E-state index contributed by atoms with van der Waals surface area (Å²) in [7, 11) is -2.69. The number of halogens is 3. The number of rotatable bonds is 2. The Hall–Kier alpha value is -1.49. The molecule has 0 aromatic rings. The predicted octanol–water partition coefficient (Wildman–Crippen LogP) is 1.54. The molecule has 4 nitrogen and oxygen atoms in total. The van der Waals surface area contributed by atoms with Crippen LogP contribution in [0.5, 0.6) is 0 Å². The molecule has 1 heterocycles. The van der Waals surface area contributed by atoms with Crippen LogP contribution in [0.15, 0.2) is 27.8 Å². The smallest absolute Gasteiger partial charge is 0.377 e. The Bertz CT molecular complexity index is 519. The number of nitriles is 1. The largest absolute Gasteiger partial charge is 0.430 e. The minimum Gasteiger partial charge on any atom is -0.377 e. The van der Waals surface area contributed by atoms with Crippen LogP contribution in [0.4, 0.5) is 13.2 Å². The number of nitrogens with one attached hydrogen (secondary N) is 1. The highest BCUT2D eigenvalue weighted by Crippen LogP contribution is 2.25. The predicted molar refractivity (Wildman–Crippen MR) is 57.2 cm³/mol. The second-order valence-corrected chi connectivity index (χ2v) is 5.94. The summed E-state index contributed by atoms with van der Waals surface area (Å²) < 4.78 is 51.6. The Morgan fingerprint density at radius 2 is 2.24 bits per heavy atom. The Balaban J connectivity index is 2.84. The van der Waals surface area contributed by atoms with E-state index in [2.05, 4.69) is 9.68 Å². The van der Waals surface area contributed by atoms with Crippen molar-refractivity contribution in [3.63, 3.8) is 0 Å². The van der Waals surface area contributed by atoms with Crippen LogP contribution in [0.25, 0.3) is 0 Å². The minimum absolute atomic E-state index is 0.0187. The van der Waals surface area contributed by atoms with Gasteiger partial charge in [-0.1, -0.05) is 6.08 Å². The summed E-state index contributed by atoms with van der Waals surface area (Å²) in [5, 5.41) is 10.5. The first-order valence-electron chi connectivity index (χ1n) is 4.53. The van der Waals surface area contributed by atoms with Gasteiger partial charge in [0.1, 0.15) is 5.70 Å². The lowest BCUT2D eigenvalue weighted by atomic mass is 10.2. The molecule has 1 unspecified atom stereocenters. The molecule has 1 N–H and O–H groups in total. The van der Waals surface area contributed by atoms with Gasteiger partial charge >= 0.3 is 6.18 Å². The van der Waals surface area contributed by atoms with Crippen LogP contribution in [-0.2, 0) is 9.73 Å². The molecule has 1 atom stereocenters. The van der Waals surface area contributed by atoms with Gasteiger partial charge in [-0.25, -0.2) is 4.21 Å². The van der Waals surface area contributed by atoms with Gasteiger partial charge in [-0.2, -0.15) is 18.4 Å². The topological polar surface area (TPSA) is 65.2 Å². The molecule has 0 aromatic heterocycles. The fourth-order valence-electron chi connectivity index (χ4n) is 1.28. The lowest BCUT2D eigenvalue weighted by molar-refractivity contribution is -0.0966. The van der Waals surface area contributed by atoms with E-state index in [4.69, 9.17) is 5.26 Å². The molecular formula is C9H10F3N3OS. The monoisotopic (exact) mass is 265 g/mol. The lowest BCUT2D eigenvalue weighted by Crippen LogP contribution is -2.31. The number of allylic oxidation sites excluding steroid dienone is 3. The number of alkyl halides is 3. The fraction of sp³-hybridized carbons (Fsp3) is 0.444. The van der Waals surface area contributed by atoms with Crippen molar-refractivity contribution >= 4 is 9.73 Å². The summed E-state index contributed by atoms with van der Waals surface area (Å²) >= 11 is 0. The van der Waals surface area contributed by atoms with E-state index in [0.717, 1.165) is 6.08 Å². The van der Waals surface area contributed by atoms with E-state index < -0.39 is 21.6 Å². The van der Waals surface area contributed by atoms with Gasteiger partial charge in [0.15, 0.2) is 0 Å². The third kappa shape index (κ3) is 4.11. The number of hydrogen-bond acceptors (Lipinski definition) is 4. The van der Waals surface area contributed by atoms with Crippen LogP contribution in [0.2, 0.25) is 0 Å². The average Bonchev–Trinajstić information content (AvgIpc) is 2.16. The van der Waals surface area contributed by atoms with Crippen LogP contribution in [0.1, 0.15) is 0 Å². The van der Waals surface area contributed by atoms with Gasteiger partial charge in [-0.15, -0.1) is 4.36 Å². The summed E-state index contributed by atoms with van der Waals surface area (Å²) in [6.45, 7) is -0.0445. The van der Waals surface area contributed by atoms with Crippen molar-refractivity contribution < 1.29 is 17.4 Å². The highest BCUT2D eigenvalue weighted by Gasteiger charge is 2.34. The molecule has 8 heteroatoms. The van der Waals surface area contributed by atoms with Crippen molar-refractivity contribution in [2.75, 3.05) is 18.6 Å². The Morgan fingerprint density at radius 3 is 2.65 bits per heavy atom. The molecule has 1 aliphatic rings. The van der Waals surface area contributed by atoms with Crippen molar-refractivity contribution in [3.05, 3.63) is 23.4 Å². The molecule has 0 aromatic carbocycles. The Labute approximate surface area is 97.0 Å². The second kappa shape index (κ2) is 4.79. The lowest BCUT2D eigenvalue weighted by Gasteiger charge is -2.19. The number of dihydropyridines is 1. The molecule has 0 fully saturated rings. The maximum Gasteiger partial charge on any atom is 0.430 e. The van der Waals surface area contributed by atoms with Crippen LogP contribution in [-0.4, -0.2) is 28.9 Å². The van der Waals surface area contributed by atoms with E-state index in [1.54, 1.807) is 0 Å². The van der Waals surface area contributed by atoms with Crippen molar-refractivity contribution in [2.45, 2.75) is 6.18 Å². The Morgan fingerprint density at radius 1 is 1.59 bits per heavy atom. The summed E-state index contributed by atoms with van der Waals surface area (Å²) in [6, 6.07) is 0. The molecule has 94 valence electrons. The summed E-state index contributed by atoms with van der Waals surface area (Å²) in [5.74, 6) is -0.0187. The Kier molecular flexibility index (Phi) is 3.83. The zero-order valence-corrected chi connectivity index (χ0v) is 9.73. The highest BCUT2D eigenvalue weighted by molar-refractivity contribution is 7.93. The molecule has 0 amide bonds. The third-order valence-electron chi connectivity index (χ3n) is 1.98. The normalized spacial score (nSPS) is 19.2. The maximum absolute atomic E-state index is 12.2. The molecule has 0 spiro atoms. The van der Waals surface area contributed by atoms with Crippen molar-refractivity contribution in [1.29, 1.82) is 5.26 Å². The van der Waals surface area contributed by atoms with Crippen LogP contribution in [0, 0.1) is 11.5 Å². The van der Waals surface area contributed by atoms with E-state index in [1.807, 2.05) is 0 Å². The minimum atomic E-state index is -4.41. The SMILES string of the molecule is CS(=O)(CC1=CC=C(C(F)(F)F)NC1)=NC#N. The fourth-order valence-corrected chi connectivity index (χ4v) is 2.41. The summed E-state index contributed by atoms with van der Waals surface area (Å²) in [5.41, 5.74) is -0.314.